The van der Waals surface area contributed by atoms with E-state index in [0.717, 1.165) is 5.56 Å². The fraction of sp³-hybridized carbons (Fsp3) is 0.625. The van der Waals surface area contributed by atoms with E-state index in [1.54, 1.807) is 0 Å². The zero-order valence-corrected chi connectivity index (χ0v) is 12.3. The molecule has 1 saturated carbocycles. The second-order valence-corrected chi connectivity index (χ2v) is 6.10. The Morgan fingerprint density at radius 2 is 2.00 bits per heavy atom. The van der Waals surface area contributed by atoms with Crippen molar-refractivity contribution in [2.75, 3.05) is 6.54 Å². The van der Waals surface area contributed by atoms with Crippen LogP contribution in [-0.2, 0) is 0 Å². The van der Waals surface area contributed by atoms with Crippen molar-refractivity contribution in [3.63, 3.8) is 0 Å². The average Bonchev–Trinajstić information content (AvgIpc) is 2.47. The second-order valence-electron chi connectivity index (χ2n) is 6.10. The van der Waals surface area contributed by atoms with Gasteiger partial charge in [-0.1, -0.05) is 36.8 Å². The number of hydrogen-bond acceptors (Lipinski definition) is 2. The molecule has 2 rings (SSSR count). The predicted molar refractivity (Wildman–Crippen MR) is 77.8 cm³/mol. The molecular formula is C16H23F3N2. The van der Waals surface area contributed by atoms with Gasteiger partial charge in [0.15, 0.2) is 0 Å². The van der Waals surface area contributed by atoms with Gasteiger partial charge in [-0.3, -0.25) is 0 Å². The average molecular weight is 300 g/mol. The van der Waals surface area contributed by atoms with Crippen molar-refractivity contribution < 1.29 is 13.2 Å². The third-order valence-electron chi connectivity index (χ3n) is 4.52. The van der Waals surface area contributed by atoms with Crippen molar-refractivity contribution in [3.8, 4) is 0 Å². The summed E-state index contributed by atoms with van der Waals surface area (Å²) in [6.07, 6.45) is -2.57. The van der Waals surface area contributed by atoms with Crippen LogP contribution < -0.4 is 11.1 Å². The highest BCUT2D eigenvalue weighted by Crippen LogP contribution is 2.42. The van der Waals surface area contributed by atoms with E-state index >= 15 is 0 Å². The minimum absolute atomic E-state index is 0.0123. The second kappa shape index (κ2) is 6.36. The summed E-state index contributed by atoms with van der Waals surface area (Å²) in [5.41, 5.74) is 6.29. The summed E-state index contributed by atoms with van der Waals surface area (Å²) in [7, 11) is 0. The number of hydrogen-bond donors (Lipinski definition) is 2. The van der Waals surface area contributed by atoms with Gasteiger partial charge in [-0.2, -0.15) is 13.2 Å². The third kappa shape index (κ3) is 3.98. The van der Waals surface area contributed by atoms with E-state index in [1.165, 1.54) is 0 Å². The Hall–Kier alpha value is -1.07. The highest BCUT2D eigenvalue weighted by Gasteiger charge is 2.47. The summed E-state index contributed by atoms with van der Waals surface area (Å²) < 4.78 is 39.0. The Kier molecular flexibility index (Phi) is 4.94. The molecule has 118 valence electrons. The van der Waals surface area contributed by atoms with E-state index in [4.69, 9.17) is 5.73 Å². The van der Waals surface area contributed by atoms with Crippen molar-refractivity contribution in [1.29, 1.82) is 0 Å². The summed E-state index contributed by atoms with van der Waals surface area (Å²) in [6, 6.07) is 9.73. The molecule has 0 bridgehead atoms. The molecule has 3 unspecified atom stereocenters. The Morgan fingerprint density at radius 1 is 1.33 bits per heavy atom. The van der Waals surface area contributed by atoms with Gasteiger partial charge in [-0.25, -0.2) is 0 Å². The molecule has 5 heteroatoms. The molecule has 1 aromatic carbocycles. The lowest BCUT2D eigenvalue weighted by Crippen LogP contribution is -2.56. The van der Waals surface area contributed by atoms with Crippen LogP contribution in [0.25, 0.3) is 0 Å². The molecule has 0 saturated heterocycles. The van der Waals surface area contributed by atoms with Crippen LogP contribution in [0.5, 0.6) is 0 Å². The van der Waals surface area contributed by atoms with Gasteiger partial charge < -0.3 is 11.1 Å². The molecule has 1 aliphatic carbocycles. The number of nitrogens with two attached hydrogens (primary N) is 1. The first kappa shape index (κ1) is 16.3. The van der Waals surface area contributed by atoms with Crippen molar-refractivity contribution in [1.82, 2.24) is 5.32 Å². The van der Waals surface area contributed by atoms with Crippen LogP contribution in [0.15, 0.2) is 30.3 Å². The number of rotatable bonds is 4. The van der Waals surface area contributed by atoms with E-state index < -0.39 is 17.6 Å². The van der Waals surface area contributed by atoms with Gasteiger partial charge in [0.05, 0.1) is 5.92 Å². The first-order valence-corrected chi connectivity index (χ1v) is 7.46. The lowest BCUT2D eigenvalue weighted by molar-refractivity contribution is -0.188. The smallest absolute Gasteiger partial charge is 0.329 e. The Labute approximate surface area is 123 Å². The Balaban J connectivity index is 2.10. The highest BCUT2D eigenvalue weighted by molar-refractivity contribution is 5.19. The molecule has 0 radical (unpaired) electrons. The predicted octanol–water partition coefficient (Wildman–Crippen LogP) is 3.79. The lowest BCUT2D eigenvalue weighted by Gasteiger charge is -2.43. The molecule has 21 heavy (non-hydrogen) atoms. The third-order valence-corrected chi connectivity index (χ3v) is 4.52. The number of alkyl halides is 3. The van der Waals surface area contributed by atoms with E-state index in [9.17, 15) is 13.2 Å². The van der Waals surface area contributed by atoms with E-state index in [-0.39, 0.29) is 25.4 Å². The molecule has 0 aliphatic heterocycles. The fourth-order valence-corrected chi connectivity index (χ4v) is 3.30. The minimum Gasteiger partial charge on any atom is -0.329 e. The summed E-state index contributed by atoms with van der Waals surface area (Å²) in [5, 5.41) is 3.38. The van der Waals surface area contributed by atoms with Gasteiger partial charge in [-0.15, -0.1) is 0 Å². The largest absolute Gasteiger partial charge is 0.391 e. The summed E-state index contributed by atoms with van der Waals surface area (Å²) in [6.45, 7) is 2.21. The van der Waals surface area contributed by atoms with Gasteiger partial charge in [0.2, 0.25) is 0 Å². The SMILES string of the molecule is CC(NC1(CN)CCCC(C(F)(F)F)C1)c1ccccc1. The van der Waals surface area contributed by atoms with E-state index in [2.05, 4.69) is 5.32 Å². The summed E-state index contributed by atoms with van der Waals surface area (Å²) >= 11 is 0. The van der Waals surface area contributed by atoms with Gasteiger partial charge in [-0.05, 0) is 31.7 Å². The van der Waals surface area contributed by atoms with Crippen LogP contribution in [0.3, 0.4) is 0 Å². The van der Waals surface area contributed by atoms with Crippen molar-refractivity contribution in [3.05, 3.63) is 35.9 Å². The van der Waals surface area contributed by atoms with Gasteiger partial charge in [0, 0.05) is 18.1 Å². The Morgan fingerprint density at radius 3 is 2.57 bits per heavy atom. The van der Waals surface area contributed by atoms with Crippen molar-refractivity contribution in [2.45, 2.75) is 50.4 Å². The molecule has 3 N–H and O–H groups in total. The molecule has 0 heterocycles. The minimum atomic E-state index is -4.13. The normalized spacial score (nSPS) is 28.3. The maximum absolute atomic E-state index is 13.0. The molecule has 1 aliphatic rings. The van der Waals surface area contributed by atoms with Crippen molar-refractivity contribution >= 4 is 0 Å². The van der Waals surface area contributed by atoms with Crippen LogP contribution in [0.4, 0.5) is 13.2 Å². The van der Waals surface area contributed by atoms with E-state index in [1.807, 2.05) is 37.3 Å². The van der Waals surface area contributed by atoms with Gasteiger partial charge in [0.25, 0.3) is 0 Å². The van der Waals surface area contributed by atoms with Crippen molar-refractivity contribution in [2.24, 2.45) is 11.7 Å². The van der Waals surface area contributed by atoms with Crippen LogP contribution in [0, 0.1) is 5.92 Å². The maximum atomic E-state index is 13.0. The molecular weight excluding hydrogens is 277 g/mol. The number of nitrogens with one attached hydrogen (secondary N) is 1. The molecule has 1 aromatic rings. The lowest BCUT2D eigenvalue weighted by atomic mass is 9.74. The molecule has 0 spiro atoms. The standard InChI is InChI=1S/C16H23F3N2/c1-12(13-6-3-2-4-7-13)21-15(11-20)9-5-8-14(10-15)16(17,18)19/h2-4,6-7,12,14,21H,5,8-11,20H2,1H3. The summed E-state index contributed by atoms with van der Waals surface area (Å²) in [5.74, 6) is -1.25. The maximum Gasteiger partial charge on any atom is 0.391 e. The van der Waals surface area contributed by atoms with Gasteiger partial charge in [0.1, 0.15) is 0 Å². The zero-order valence-electron chi connectivity index (χ0n) is 12.3. The number of halogens is 3. The fourth-order valence-electron chi connectivity index (χ4n) is 3.30. The molecule has 2 nitrogen and oxygen atoms in total. The molecule has 0 amide bonds. The first-order chi connectivity index (χ1) is 9.86. The number of benzene rings is 1. The van der Waals surface area contributed by atoms with Crippen LogP contribution in [-0.4, -0.2) is 18.3 Å². The topological polar surface area (TPSA) is 38.0 Å². The summed E-state index contributed by atoms with van der Waals surface area (Å²) in [4.78, 5) is 0. The van der Waals surface area contributed by atoms with Crippen LogP contribution in [0.2, 0.25) is 0 Å². The zero-order chi connectivity index (χ0) is 15.5. The van der Waals surface area contributed by atoms with E-state index in [0.29, 0.717) is 12.8 Å². The van der Waals surface area contributed by atoms with Gasteiger partial charge >= 0.3 is 6.18 Å². The first-order valence-electron chi connectivity index (χ1n) is 7.46. The highest BCUT2D eigenvalue weighted by atomic mass is 19.4. The molecule has 1 fully saturated rings. The monoisotopic (exact) mass is 300 g/mol. The molecule has 0 aromatic heterocycles. The van der Waals surface area contributed by atoms with Crippen LogP contribution >= 0.6 is 0 Å². The molecule has 3 atom stereocenters. The Bertz CT molecular complexity index is 447. The quantitative estimate of drug-likeness (QED) is 0.888. The van der Waals surface area contributed by atoms with Crippen LogP contribution in [0.1, 0.15) is 44.2 Å².